The summed E-state index contributed by atoms with van der Waals surface area (Å²) < 4.78 is 6.56. The van der Waals surface area contributed by atoms with Gasteiger partial charge in [-0.25, -0.2) is 4.79 Å². The second-order valence-electron chi connectivity index (χ2n) is 5.39. The average Bonchev–Trinajstić information content (AvgIpc) is 3.06. The van der Waals surface area contributed by atoms with Crippen molar-refractivity contribution in [3.63, 3.8) is 0 Å². The van der Waals surface area contributed by atoms with E-state index in [-0.39, 0.29) is 18.4 Å². The number of nitrogens with zero attached hydrogens (tertiary/aromatic N) is 3. The molecule has 7 heteroatoms. The van der Waals surface area contributed by atoms with E-state index in [9.17, 15) is 14.4 Å². The Balaban J connectivity index is 1.73. The van der Waals surface area contributed by atoms with Crippen molar-refractivity contribution < 1.29 is 19.1 Å². The Morgan fingerprint density at radius 1 is 1.12 bits per heavy atom. The minimum atomic E-state index is -0.429. The van der Waals surface area contributed by atoms with E-state index in [1.165, 1.54) is 11.1 Å². The number of carbonyl (C=O) groups is 3. The quantitative estimate of drug-likeness (QED) is 0.616. The third-order valence-corrected chi connectivity index (χ3v) is 4.01. The zero-order valence-corrected chi connectivity index (χ0v) is 13.5. The van der Waals surface area contributed by atoms with E-state index >= 15 is 0 Å². The Morgan fingerprint density at radius 3 is 2.33 bits per heavy atom. The van der Waals surface area contributed by atoms with Crippen LogP contribution < -0.4 is 0 Å². The van der Waals surface area contributed by atoms with E-state index in [0.29, 0.717) is 35.5 Å². The van der Waals surface area contributed by atoms with Crippen molar-refractivity contribution in [2.45, 2.75) is 20.4 Å². The van der Waals surface area contributed by atoms with Gasteiger partial charge in [-0.2, -0.15) is 5.10 Å². The van der Waals surface area contributed by atoms with E-state index < -0.39 is 5.97 Å². The van der Waals surface area contributed by atoms with Crippen LogP contribution in [0.25, 0.3) is 0 Å². The molecule has 0 spiro atoms. The van der Waals surface area contributed by atoms with Crippen LogP contribution in [0.1, 0.15) is 43.7 Å². The Kier molecular flexibility index (Phi) is 4.16. The molecule has 2 heterocycles. The summed E-state index contributed by atoms with van der Waals surface area (Å²) in [6.45, 7) is 4.29. The van der Waals surface area contributed by atoms with Crippen LogP contribution in [0.3, 0.4) is 0 Å². The first-order chi connectivity index (χ1) is 11.5. The number of amides is 2. The third-order valence-electron chi connectivity index (χ3n) is 4.01. The van der Waals surface area contributed by atoms with E-state index in [2.05, 4.69) is 5.10 Å². The van der Waals surface area contributed by atoms with Gasteiger partial charge in [0, 0.05) is 12.2 Å². The van der Waals surface area contributed by atoms with Crippen LogP contribution >= 0.6 is 0 Å². The van der Waals surface area contributed by atoms with Crippen molar-refractivity contribution in [3.8, 4) is 0 Å². The number of rotatable bonds is 5. The van der Waals surface area contributed by atoms with Crippen molar-refractivity contribution in [1.29, 1.82) is 0 Å². The molecule has 0 atom stereocenters. The second kappa shape index (κ2) is 6.27. The molecule has 1 aliphatic heterocycles. The summed E-state index contributed by atoms with van der Waals surface area (Å²) >= 11 is 0. The minimum absolute atomic E-state index is 0.192. The van der Waals surface area contributed by atoms with Gasteiger partial charge < -0.3 is 4.74 Å². The summed E-state index contributed by atoms with van der Waals surface area (Å²) in [5, 5.41) is 4.15. The molecule has 7 nitrogen and oxygen atoms in total. The minimum Gasteiger partial charge on any atom is -0.462 e. The molecule has 24 heavy (non-hydrogen) atoms. The lowest BCUT2D eigenvalue weighted by molar-refractivity contribution is 0.0523. The summed E-state index contributed by atoms with van der Waals surface area (Å²) in [7, 11) is 0. The predicted molar refractivity (Wildman–Crippen MR) is 84.7 cm³/mol. The fraction of sp³-hybridized carbons (Fsp3) is 0.294. The van der Waals surface area contributed by atoms with Gasteiger partial charge in [0.05, 0.1) is 30.5 Å². The second-order valence-corrected chi connectivity index (χ2v) is 5.39. The SMILES string of the molecule is CCOC(=O)c1cnn(CCN2C(=O)c3ccccc3C2=O)c1C. The predicted octanol–water partition coefficient (Wildman–Crippen LogP) is 1.66. The summed E-state index contributed by atoms with van der Waals surface area (Å²) in [4.78, 5) is 37.6. The monoisotopic (exact) mass is 327 g/mol. The highest BCUT2D eigenvalue weighted by molar-refractivity contribution is 6.21. The maximum atomic E-state index is 12.3. The molecule has 0 fully saturated rings. The molecule has 0 N–H and O–H groups in total. The summed E-state index contributed by atoms with van der Waals surface area (Å²) in [6.07, 6.45) is 1.44. The lowest BCUT2D eigenvalue weighted by atomic mass is 10.1. The van der Waals surface area contributed by atoms with Crippen molar-refractivity contribution in [1.82, 2.24) is 14.7 Å². The number of hydrogen-bond donors (Lipinski definition) is 0. The topological polar surface area (TPSA) is 81.5 Å². The Morgan fingerprint density at radius 2 is 1.75 bits per heavy atom. The van der Waals surface area contributed by atoms with Gasteiger partial charge in [-0.15, -0.1) is 0 Å². The van der Waals surface area contributed by atoms with Crippen LogP contribution in [0.5, 0.6) is 0 Å². The molecule has 2 aromatic rings. The molecule has 0 unspecified atom stereocenters. The molecule has 124 valence electrons. The average molecular weight is 327 g/mol. The normalized spacial score (nSPS) is 13.3. The number of fused-ring (bicyclic) bond motifs is 1. The molecule has 0 aliphatic carbocycles. The lowest BCUT2D eigenvalue weighted by Gasteiger charge is -2.14. The third kappa shape index (κ3) is 2.58. The van der Waals surface area contributed by atoms with Gasteiger partial charge in [-0.05, 0) is 26.0 Å². The van der Waals surface area contributed by atoms with Crippen LogP contribution in [0.2, 0.25) is 0 Å². The molecule has 0 bridgehead atoms. The molecule has 1 aromatic carbocycles. The molecular weight excluding hydrogens is 310 g/mol. The number of aromatic nitrogens is 2. The zero-order chi connectivity index (χ0) is 17.3. The van der Waals surface area contributed by atoms with Crippen molar-refractivity contribution >= 4 is 17.8 Å². The molecule has 2 amide bonds. The van der Waals surface area contributed by atoms with Crippen molar-refractivity contribution in [2.75, 3.05) is 13.2 Å². The van der Waals surface area contributed by atoms with Crippen molar-refractivity contribution in [2.24, 2.45) is 0 Å². The molecule has 0 saturated heterocycles. The van der Waals surface area contributed by atoms with Crippen LogP contribution in [0.15, 0.2) is 30.5 Å². The Bertz CT molecular complexity index is 790. The van der Waals surface area contributed by atoms with Gasteiger partial charge in [0.1, 0.15) is 5.56 Å². The maximum Gasteiger partial charge on any atom is 0.341 e. The van der Waals surface area contributed by atoms with Crippen molar-refractivity contribution in [3.05, 3.63) is 52.8 Å². The largest absolute Gasteiger partial charge is 0.462 e. The fourth-order valence-corrected chi connectivity index (χ4v) is 2.72. The van der Waals surface area contributed by atoms with E-state index in [0.717, 1.165) is 0 Å². The summed E-state index contributed by atoms with van der Waals surface area (Å²) in [5.41, 5.74) is 1.88. The van der Waals surface area contributed by atoms with Gasteiger partial charge in [-0.1, -0.05) is 12.1 Å². The summed E-state index contributed by atoms with van der Waals surface area (Å²) in [5.74, 6) is -1.03. The fourth-order valence-electron chi connectivity index (χ4n) is 2.72. The van der Waals surface area contributed by atoms with Crippen LogP contribution in [0, 0.1) is 6.92 Å². The zero-order valence-electron chi connectivity index (χ0n) is 13.5. The van der Waals surface area contributed by atoms with E-state index in [1.54, 1.807) is 42.8 Å². The number of esters is 1. The molecule has 3 rings (SSSR count). The molecular formula is C17H17N3O4. The number of carbonyl (C=O) groups excluding carboxylic acids is 3. The lowest BCUT2D eigenvalue weighted by Crippen LogP contribution is -2.33. The first-order valence-electron chi connectivity index (χ1n) is 7.69. The number of imide groups is 1. The molecule has 1 aliphatic rings. The number of hydrogen-bond acceptors (Lipinski definition) is 5. The Labute approximate surface area is 138 Å². The van der Waals surface area contributed by atoms with Gasteiger partial charge in [0.25, 0.3) is 11.8 Å². The number of benzene rings is 1. The van der Waals surface area contributed by atoms with Crippen LogP contribution in [-0.2, 0) is 11.3 Å². The van der Waals surface area contributed by atoms with E-state index in [4.69, 9.17) is 4.74 Å². The van der Waals surface area contributed by atoms with Crippen LogP contribution in [0.4, 0.5) is 0 Å². The van der Waals surface area contributed by atoms with E-state index in [1.807, 2.05) is 0 Å². The highest BCUT2D eigenvalue weighted by Crippen LogP contribution is 2.22. The maximum absolute atomic E-state index is 12.3. The van der Waals surface area contributed by atoms with Gasteiger partial charge >= 0.3 is 5.97 Å². The highest BCUT2D eigenvalue weighted by Gasteiger charge is 2.34. The molecule has 0 saturated carbocycles. The molecule has 1 aromatic heterocycles. The first-order valence-corrected chi connectivity index (χ1v) is 7.69. The number of ether oxygens (including phenoxy) is 1. The smallest absolute Gasteiger partial charge is 0.341 e. The summed E-state index contributed by atoms with van der Waals surface area (Å²) in [6, 6.07) is 6.76. The highest BCUT2D eigenvalue weighted by atomic mass is 16.5. The van der Waals surface area contributed by atoms with Gasteiger partial charge in [0.2, 0.25) is 0 Å². The standard InChI is InChI=1S/C17H17N3O4/c1-3-24-17(23)14-10-18-20(11(14)2)9-8-19-15(21)12-6-4-5-7-13(12)16(19)22/h4-7,10H,3,8-9H2,1-2H3. The van der Waals surface area contributed by atoms with Crippen LogP contribution in [-0.4, -0.2) is 45.6 Å². The first kappa shape index (κ1) is 15.9. The molecule has 0 radical (unpaired) electrons. The van der Waals surface area contributed by atoms with Gasteiger partial charge in [0.15, 0.2) is 0 Å². The van der Waals surface area contributed by atoms with Gasteiger partial charge in [-0.3, -0.25) is 19.2 Å². The Hall–Kier alpha value is -2.96.